The highest BCUT2D eigenvalue weighted by atomic mass is 16.2. The average Bonchev–Trinajstić information content (AvgIpc) is 3.14. The molecule has 0 spiro atoms. The maximum atomic E-state index is 12.4. The first-order chi connectivity index (χ1) is 16.1. The molecular formula is C30H55NO2. The molecule has 0 aromatic heterocycles. The Morgan fingerprint density at radius 1 is 0.667 bits per heavy atom. The van der Waals surface area contributed by atoms with Gasteiger partial charge in [-0.1, -0.05) is 135 Å². The van der Waals surface area contributed by atoms with E-state index in [1.165, 1.54) is 115 Å². The van der Waals surface area contributed by atoms with Gasteiger partial charge < -0.3 is 0 Å². The highest BCUT2D eigenvalue weighted by Crippen LogP contribution is 2.25. The van der Waals surface area contributed by atoms with Crippen molar-refractivity contribution in [2.75, 3.05) is 0 Å². The van der Waals surface area contributed by atoms with E-state index in [1.54, 1.807) is 4.90 Å². The van der Waals surface area contributed by atoms with Gasteiger partial charge >= 0.3 is 0 Å². The molecule has 0 aromatic carbocycles. The van der Waals surface area contributed by atoms with E-state index in [9.17, 15) is 9.59 Å². The molecule has 1 aliphatic rings. The molecule has 1 fully saturated rings. The Morgan fingerprint density at radius 3 is 1.52 bits per heavy atom. The van der Waals surface area contributed by atoms with E-state index < -0.39 is 0 Å². The molecule has 1 rings (SSSR count). The maximum Gasteiger partial charge on any atom is 0.230 e. The lowest BCUT2D eigenvalue weighted by atomic mass is 9.97. The molecule has 192 valence electrons. The van der Waals surface area contributed by atoms with Crippen LogP contribution >= 0.6 is 0 Å². The highest BCUT2D eigenvalue weighted by molar-refractivity contribution is 6.02. The van der Waals surface area contributed by atoms with Crippen molar-refractivity contribution >= 4 is 11.8 Å². The molecule has 0 bridgehead atoms. The van der Waals surface area contributed by atoms with Crippen LogP contribution in [-0.2, 0) is 9.59 Å². The van der Waals surface area contributed by atoms with Gasteiger partial charge in [-0.15, -0.1) is 0 Å². The Labute approximate surface area is 206 Å². The van der Waals surface area contributed by atoms with Crippen LogP contribution in [0.4, 0.5) is 0 Å². The Hall–Kier alpha value is -1.12. The highest BCUT2D eigenvalue weighted by Gasteiger charge is 2.35. The van der Waals surface area contributed by atoms with Crippen LogP contribution in [0.3, 0.4) is 0 Å². The number of carbonyl (C=O) groups is 2. The lowest BCUT2D eigenvalue weighted by Gasteiger charge is -2.27. The van der Waals surface area contributed by atoms with Crippen molar-refractivity contribution in [2.45, 2.75) is 168 Å². The third kappa shape index (κ3) is 14.0. The summed E-state index contributed by atoms with van der Waals surface area (Å²) in [5, 5.41) is 0. The van der Waals surface area contributed by atoms with Gasteiger partial charge in [-0.05, 0) is 26.2 Å². The van der Waals surface area contributed by atoms with Gasteiger partial charge in [0.25, 0.3) is 0 Å². The number of hydrogen-bond acceptors (Lipinski definition) is 2. The minimum Gasteiger partial charge on any atom is -0.275 e. The number of carbonyl (C=O) groups excluding carboxylic acids is 2. The number of allylic oxidation sites excluding steroid dienone is 1. The van der Waals surface area contributed by atoms with Crippen molar-refractivity contribution in [3.63, 3.8) is 0 Å². The summed E-state index contributed by atoms with van der Waals surface area (Å²) in [6.07, 6.45) is 29.0. The predicted octanol–water partition coefficient (Wildman–Crippen LogP) is 9.29. The predicted molar refractivity (Wildman–Crippen MR) is 142 cm³/mol. The van der Waals surface area contributed by atoms with Crippen LogP contribution in [0.1, 0.15) is 162 Å². The van der Waals surface area contributed by atoms with E-state index in [2.05, 4.69) is 26.8 Å². The fourth-order valence-corrected chi connectivity index (χ4v) is 5.07. The summed E-state index contributed by atoms with van der Waals surface area (Å²) in [5.41, 5.74) is 1.23. The topological polar surface area (TPSA) is 37.4 Å². The normalized spacial score (nSPS) is 15.6. The summed E-state index contributed by atoms with van der Waals surface area (Å²) < 4.78 is 0. The van der Waals surface area contributed by atoms with Crippen molar-refractivity contribution in [3.8, 4) is 0 Å². The molecular weight excluding hydrogens is 406 g/mol. The number of likely N-dealkylation sites (tertiary alicyclic amines) is 1. The van der Waals surface area contributed by atoms with Crippen LogP contribution in [0.15, 0.2) is 11.6 Å². The largest absolute Gasteiger partial charge is 0.275 e. The van der Waals surface area contributed by atoms with Crippen LogP contribution in [0.5, 0.6) is 0 Å². The second kappa shape index (κ2) is 20.3. The zero-order chi connectivity index (χ0) is 24.2. The molecule has 3 heteroatoms. The first-order valence-corrected chi connectivity index (χ1v) is 14.6. The van der Waals surface area contributed by atoms with Gasteiger partial charge in [-0.2, -0.15) is 0 Å². The molecule has 1 heterocycles. The van der Waals surface area contributed by atoms with Gasteiger partial charge in [0.1, 0.15) is 0 Å². The third-order valence-corrected chi connectivity index (χ3v) is 7.28. The molecule has 0 saturated carbocycles. The van der Waals surface area contributed by atoms with Gasteiger partial charge in [0.15, 0.2) is 0 Å². The Kier molecular flexibility index (Phi) is 18.4. The SMILES string of the molecule is CCCCCCCCCCCCCC=C(C)C(CCCCCCCCC)N1C(=O)CCC1=O. The molecule has 3 nitrogen and oxygen atoms in total. The number of unbranched alkanes of at least 4 members (excludes halogenated alkanes) is 17. The smallest absolute Gasteiger partial charge is 0.230 e. The lowest BCUT2D eigenvalue weighted by Crippen LogP contribution is -2.40. The second-order valence-corrected chi connectivity index (χ2v) is 10.4. The van der Waals surface area contributed by atoms with Crippen LogP contribution in [0.25, 0.3) is 0 Å². The summed E-state index contributed by atoms with van der Waals surface area (Å²) >= 11 is 0. The van der Waals surface area contributed by atoms with Crippen LogP contribution in [-0.4, -0.2) is 22.8 Å². The molecule has 0 aromatic rings. The van der Waals surface area contributed by atoms with E-state index in [0.717, 1.165) is 19.3 Å². The van der Waals surface area contributed by atoms with Gasteiger partial charge in [0.05, 0.1) is 6.04 Å². The summed E-state index contributed by atoms with van der Waals surface area (Å²) in [6, 6.07) is -0.00384. The lowest BCUT2D eigenvalue weighted by molar-refractivity contribution is -0.140. The summed E-state index contributed by atoms with van der Waals surface area (Å²) in [7, 11) is 0. The average molecular weight is 462 g/mol. The first kappa shape index (κ1) is 29.9. The van der Waals surface area contributed by atoms with E-state index >= 15 is 0 Å². The maximum absolute atomic E-state index is 12.4. The third-order valence-electron chi connectivity index (χ3n) is 7.28. The van der Waals surface area contributed by atoms with Gasteiger partial charge in [-0.25, -0.2) is 0 Å². The summed E-state index contributed by atoms with van der Waals surface area (Å²) in [6.45, 7) is 6.67. The Morgan fingerprint density at radius 2 is 1.06 bits per heavy atom. The molecule has 33 heavy (non-hydrogen) atoms. The van der Waals surface area contributed by atoms with E-state index in [-0.39, 0.29) is 17.9 Å². The fraction of sp³-hybridized carbons (Fsp3) is 0.867. The number of imide groups is 1. The number of rotatable bonds is 22. The fourth-order valence-electron chi connectivity index (χ4n) is 5.07. The second-order valence-electron chi connectivity index (χ2n) is 10.4. The molecule has 1 aliphatic heterocycles. The van der Waals surface area contributed by atoms with Crippen LogP contribution in [0, 0.1) is 0 Å². The standard InChI is InChI=1S/C30H55NO2/c1-4-6-8-10-12-13-14-15-16-18-19-21-23-27(3)28(31-29(32)25-26-30(31)33)24-22-20-17-11-9-7-5-2/h23,28H,4-22,24-26H2,1-3H3. The molecule has 0 N–H and O–H groups in total. The Bertz CT molecular complexity index is 523. The van der Waals surface area contributed by atoms with Gasteiger partial charge in [0, 0.05) is 12.8 Å². The van der Waals surface area contributed by atoms with Crippen molar-refractivity contribution in [2.24, 2.45) is 0 Å². The minimum absolute atomic E-state index is 0.00384. The van der Waals surface area contributed by atoms with E-state index in [4.69, 9.17) is 0 Å². The zero-order valence-electron chi connectivity index (χ0n) is 22.5. The van der Waals surface area contributed by atoms with Crippen molar-refractivity contribution in [1.82, 2.24) is 4.90 Å². The number of hydrogen-bond donors (Lipinski definition) is 0. The zero-order valence-corrected chi connectivity index (χ0v) is 22.5. The van der Waals surface area contributed by atoms with Crippen LogP contribution in [0.2, 0.25) is 0 Å². The molecule has 1 atom stereocenters. The monoisotopic (exact) mass is 461 g/mol. The molecule has 1 unspecified atom stereocenters. The van der Waals surface area contributed by atoms with Crippen molar-refractivity contribution in [1.29, 1.82) is 0 Å². The first-order valence-electron chi connectivity index (χ1n) is 14.6. The van der Waals surface area contributed by atoms with Gasteiger partial charge in [-0.3, -0.25) is 14.5 Å². The van der Waals surface area contributed by atoms with E-state index in [0.29, 0.717) is 12.8 Å². The minimum atomic E-state index is -0.00384. The quantitative estimate of drug-likeness (QED) is 0.0914. The molecule has 1 saturated heterocycles. The van der Waals surface area contributed by atoms with Crippen molar-refractivity contribution < 1.29 is 9.59 Å². The molecule has 2 amide bonds. The van der Waals surface area contributed by atoms with E-state index in [1.807, 2.05) is 0 Å². The Balaban J connectivity index is 2.29. The number of amides is 2. The summed E-state index contributed by atoms with van der Waals surface area (Å²) in [5.74, 6) is 0.0748. The number of nitrogens with zero attached hydrogens (tertiary/aromatic N) is 1. The van der Waals surface area contributed by atoms with Crippen LogP contribution < -0.4 is 0 Å². The van der Waals surface area contributed by atoms with Crippen molar-refractivity contribution in [3.05, 3.63) is 11.6 Å². The molecule has 0 aliphatic carbocycles. The molecule has 0 radical (unpaired) electrons. The summed E-state index contributed by atoms with van der Waals surface area (Å²) in [4.78, 5) is 26.4. The van der Waals surface area contributed by atoms with Gasteiger partial charge in [0.2, 0.25) is 11.8 Å².